The van der Waals surface area contributed by atoms with Crippen LogP contribution in [0.2, 0.25) is 0 Å². The third-order valence-electron chi connectivity index (χ3n) is 7.81. The lowest BCUT2D eigenvalue weighted by Gasteiger charge is -2.46. The summed E-state index contributed by atoms with van der Waals surface area (Å²) in [5, 5.41) is 23.1. The van der Waals surface area contributed by atoms with Gasteiger partial charge in [0.1, 0.15) is 12.2 Å². The number of carboxylic acids is 1. The second-order valence-electron chi connectivity index (χ2n) is 10.2. The Morgan fingerprint density at radius 1 is 1.32 bits per heavy atom. The van der Waals surface area contributed by atoms with Gasteiger partial charge in [0.05, 0.1) is 30.1 Å². The second kappa shape index (κ2) is 10.5. The standard InChI is InChI=1S/C23H35N7O6S/c1-10-17-16(11(2)31)21(34)30(17)18(22(35)36)19(10)37-13-6-14(26-7-13)20(33)29-5-4-12(9-29)28(3)15(32)8-27-23(24)25/h10-14,16-17,26,31H,4-9H2,1-3H3,(H,35,36)(H4,24,25,27)/t10-,11-,12+,13+,14+,16-,17-/m1/s1. The third kappa shape index (κ3) is 5.01. The largest absolute Gasteiger partial charge is 0.477 e. The fourth-order valence-electron chi connectivity index (χ4n) is 5.79. The van der Waals surface area contributed by atoms with Crippen molar-refractivity contribution in [3.8, 4) is 0 Å². The van der Waals surface area contributed by atoms with Crippen LogP contribution < -0.4 is 16.8 Å². The lowest BCUT2D eigenvalue weighted by molar-refractivity contribution is -0.163. The Hall–Kier alpha value is -2.84. The Kier molecular flexibility index (Phi) is 7.72. The number of guanidine groups is 1. The molecule has 0 spiro atoms. The number of carbonyl (C=O) groups is 4. The Morgan fingerprint density at radius 3 is 2.65 bits per heavy atom. The number of aliphatic hydroxyl groups is 1. The highest BCUT2D eigenvalue weighted by atomic mass is 32.2. The number of rotatable bonds is 8. The van der Waals surface area contributed by atoms with Crippen molar-refractivity contribution in [1.82, 2.24) is 20.0 Å². The highest BCUT2D eigenvalue weighted by Crippen LogP contribution is 2.51. The van der Waals surface area contributed by atoms with Crippen molar-refractivity contribution in [2.45, 2.75) is 56.2 Å². The maximum Gasteiger partial charge on any atom is 0.353 e. The molecule has 4 aliphatic heterocycles. The first kappa shape index (κ1) is 27.2. The molecule has 0 saturated carbocycles. The number of nitrogens with zero attached hydrogens (tertiary/aromatic N) is 4. The van der Waals surface area contributed by atoms with E-state index in [0.29, 0.717) is 37.4 Å². The average Bonchev–Trinajstić information content (AvgIpc) is 3.55. The van der Waals surface area contributed by atoms with E-state index in [2.05, 4.69) is 10.3 Å². The number of hydrogen-bond acceptors (Lipinski definition) is 8. The number of β-lactam (4-membered cyclic amide) rings is 1. The predicted molar refractivity (Wildman–Crippen MR) is 136 cm³/mol. The molecule has 4 rings (SSSR count). The molecule has 14 heteroatoms. The van der Waals surface area contributed by atoms with Crippen LogP contribution in [0, 0.1) is 11.8 Å². The summed E-state index contributed by atoms with van der Waals surface area (Å²) in [6.07, 6.45) is 0.324. The summed E-state index contributed by atoms with van der Waals surface area (Å²) >= 11 is 1.41. The number of carboxylic acid groups (broad SMARTS) is 1. The first-order valence-electron chi connectivity index (χ1n) is 12.4. The molecule has 0 unspecified atom stereocenters. The minimum Gasteiger partial charge on any atom is -0.477 e. The van der Waals surface area contributed by atoms with Gasteiger partial charge in [-0.25, -0.2) is 9.79 Å². The van der Waals surface area contributed by atoms with Crippen LogP contribution in [0.1, 0.15) is 26.7 Å². The quantitative estimate of drug-likeness (QED) is 0.130. The molecule has 7 N–H and O–H groups in total. The van der Waals surface area contributed by atoms with Crippen LogP contribution in [0.25, 0.3) is 0 Å². The third-order valence-corrected chi connectivity index (χ3v) is 9.32. The maximum atomic E-state index is 13.2. The number of likely N-dealkylation sites (N-methyl/N-ethyl adjacent to an activating group) is 1. The molecule has 4 aliphatic rings. The number of aliphatic carboxylic acids is 1. The Bertz CT molecular complexity index is 1040. The molecular weight excluding hydrogens is 502 g/mol. The van der Waals surface area contributed by atoms with Crippen molar-refractivity contribution in [3.63, 3.8) is 0 Å². The number of amides is 3. The van der Waals surface area contributed by atoms with Crippen molar-refractivity contribution < 1.29 is 29.4 Å². The SMILES string of the molecule is C[C@@H](O)[C@H]1C(=O)N2C(C(=O)O)=C(S[C@@H]3CN[C@H](C(=O)N4CC[C@H](N(C)C(=O)CN=C(N)N)C4)C3)[C@H](C)[C@H]12. The van der Waals surface area contributed by atoms with Gasteiger partial charge >= 0.3 is 5.97 Å². The number of nitrogens with one attached hydrogen (secondary N) is 1. The number of carbonyl (C=O) groups excluding carboxylic acids is 3. The number of aliphatic imine (C=N–C) groups is 1. The predicted octanol–water partition coefficient (Wildman–Crippen LogP) is -2.06. The number of fused-ring (bicyclic) bond motifs is 1. The summed E-state index contributed by atoms with van der Waals surface area (Å²) in [6.45, 7) is 4.78. The first-order chi connectivity index (χ1) is 17.4. The van der Waals surface area contributed by atoms with Crippen LogP contribution in [0.4, 0.5) is 0 Å². The fraction of sp³-hybridized carbons (Fsp3) is 0.696. The molecule has 37 heavy (non-hydrogen) atoms. The van der Waals surface area contributed by atoms with Gasteiger partial charge < -0.3 is 41.7 Å². The van der Waals surface area contributed by atoms with E-state index in [4.69, 9.17) is 11.5 Å². The molecule has 0 aromatic heterocycles. The van der Waals surface area contributed by atoms with Crippen LogP contribution in [0.15, 0.2) is 15.6 Å². The zero-order chi connectivity index (χ0) is 27.2. The topological polar surface area (TPSA) is 195 Å². The summed E-state index contributed by atoms with van der Waals surface area (Å²) in [7, 11) is 1.68. The molecular formula is C23H35N7O6S. The smallest absolute Gasteiger partial charge is 0.353 e. The highest BCUT2D eigenvalue weighted by molar-refractivity contribution is 8.03. The summed E-state index contributed by atoms with van der Waals surface area (Å²) in [5.41, 5.74) is 10.6. The highest BCUT2D eigenvalue weighted by Gasteiger charge is 2.60. The Balaban J connectivity index is 1.35. The second-order valence-corrected chi connectivity index (χ2v) is 11.5. The van der Waals surface area contributed by atoms with E-state index in [1.165, 1.54) is 16.7 Å². The van der Waals surface area contributed by atoms with E-state index in [0.717, 1.165) is 0 Å². The van der Waals surface area contributed by atoms with E-state index < -0.39 is 24.0 Å². The van der Waals surface area contributed by atoms with Crippen molar-refractivity contribution in [1.29, 1.82) is 0 Å². The summed E-state index contributed by atoms with van der Waals surface area (Å²) in [6, 6.07) is -0.891. The van der Waals surface area contributed by atoms with Crippen LogP contribution >= 0.6 is 11.8 Å². The van der Waals surface area contributed by atoms with Crippen molar-refractivity contribution in [2.75, 3.05) is 33.2 Å². The molecule has 0 aromatic rings. The van der Waals surface area contributed by atoms with Gasteiger partial charge in [-0.15, -0.1) is 11.8 Å². The summed E-state index contributed by atoms with van der Waals surface area (Å²) < 4.78 is 0. The normalized spacial score (nSPS) is 31.7. The van der Waals surface area contributed by atoms with Gasteiger partial charge in [-0.1, -0.05) is 6.92 Å². The molecule has 7 atom stereocenters. The van der Waals surface area contributed by atoms with Gasteiger partial charge in [0.15, 0.2) is 5.96 Å². The molecule has 0 bridgehead atoms. The molecule has 13 nitrogen and oxygen atoms in total. The molecule has 0 aromatic carbocycles. The molecule has 0 aliphatic carbocycles. The van der Waals surface area contributed by atoms with Gasteiger partial charge in [0.2, 0.25) is 17.7 Å². The Labute approximate surface area is 219 Å². The zero-order valence-corrected chi connectivity index (χ0v) is 22.0. The van der Waals surface area contributed by atoms with Gasteiger partial charge in [-0.05, 0) is 19.8 Å². The number of thioether (sulfide) groups is 1. The Morgan fingerprint density at radius 2 is 2.03 bits per heavy atom. The summed E-state index contributed by atoms with van der Waals surface area (Å²) in [5.74, 6) is -2.76. The van der Waals surface area contributed by atoms with Crippen LogP contribution in [0.3, 0.4) is 0 Å². The lowest BCUT2D eigenvalue weighted by Crippen LogP contribution is -2.63. The van der Waals surface area contributed by atoms with E-state index in [1.54, 1.807) is 23.8 Å². The maximum absolute atomic E-state index is 13.2. The number of likely N-dealkylation sites (tertiary alicyclic amines) is 1. The minimum atomic E-state index is -1.16. The van der Waals surface area contributed by atoms with E-state index >= 15 is 0 Å². The van der Waals surface area contributed by atoms with Gasteiger partial charge in [0.25, 0.3) is 0 Å². The van der Waals surface area contributed by atoms with E-state index in [9.17, 15) is 29.4 Å². The molecule has 204 valence electrons. The van der Waals surface area contributed by atoms with E-state index in [-0.39, 0.29) is 59.2 Å². The van der Waals surface area contributed by atoms with Crippen molar-refractivity contribution in [2.24, 2.45) is 28.3 Å². The van der Waals surface area contributed by atoms with Crippen molar-refractivity contribution >= 4 is 41.4 Å². The van der Waals surface area contributed by atoms with Crippen LogP contribution in [-0.2, 0) is 19.2 Å². The molecule has 3 amide bonds. The minimum absolute atomic E-state index is 0.00464. The number of nitrogens with two attached hydrogens (primary N) is 2. The van der Waals surface area contributed by atoms with Crippen LogP contribution in [-0.4, -0.2) is 117 Å². The first-order valence-corrected chi connectivity index (χ1v) is 13.3. The van der Waals surface area contributed by atoms with Crippen molar-refractivity contribution in [3.05, 3.63) is 10.6 Å². The van der Waals surface area contributed by atoms with Gasteiger partial charge in [0, 0.05) is 42.8 Å². The van der Waals surface area contributed by atoms with Gasteiger partial charge in [-0.2, -0.15) is 0 Å². The lowest BCUT2D eigenvalue weighted by atomic mass is 9.79. The summed E-state index contributed by atoms with van der Waals surface area (Å²) in [4.78, 5) is 59.1. The van der Waals surface area contributed by atoms with E-state index in [1.807, 2.05) is 6.92 Å². The van der Waals surface area contributed by atoms with Crippen LogP contribution in [0.5, 0.6) is 0 Å². The van der Waals surface area contributed by atoms with Gasteiger partial charge in [-0.3, -0.25) is 14.4 Å². The molecule has 3 fully saturated rings. The molecule has 0 radical (unpaired) electrons. The molecule has 3 saturated heterocycles. The number of aliphatic hydroxyl groups excluding tert-OH is 1. The zero-order valence-electron chi connectivity index (χ0n) is 21.2. The fourth-order valence-corrected chi connectivity index (χ4v) is 7.27. The average molecular weight is 538 g/mol. The monoisotopic (exact) mass is 537 g/mol. The molecule has 4 heterocycles. The number of hydrogen-bond donors (Lipinski definition) is 5.